The third-order valence-electron chi connectivity index (χ3n) is 2.48. The predicted molar refractivity (Wildman–Crippen MR) is 55.7 cm³/mol. The van der Waals surface area contributed by atoms with Gasteiger partial charge in [0, 0.05) is 6.04 Å². The van der Waals surface area contributed by atoms with Crippen LogP contribution in [0.25, 0.3) is 0 Å². The molecule has 0 amide bonds. The summed E-state index contributed by atoms with van der Waals surface area (Å²) in [4.78, 5) is 10.5. The number of carboxylic acid groups (broad SMARTS) is 1. The van der Waals surface area contributed by atoms with Gasteiger partial charge in [-0.3, -0.25) is 0 Å². The number of hydrogen-bond acceptors (Lipinski definition) is 3. The first-order valence-corrected chi connectivity index (χ1v) is 4.75. The van der Waals surface area contributed by atoms with Crippen molar-refractivity contribution in [1.82, 2.24) is 0 Å². The largest absolute Gasteiger partial charge is 0.479 e. The normalized spacial score (nSPS) is 29.0. The Labute approximate surface area is 90.2 Å². The van der Waals surface area contributed by atoms with E-state index in [1.165, 1.54) is 0 Å². The molecule has 4 nitrogen and oxygen atoms in total. The van der Waals surface area contributed by atoms with Crippen molar-refractivity contribution in [3.05, 3.63) is 0 Å². The number of carboxylic acids is 1. The van der Waals surface area contributed by atoms with Crippen LogP contribution >= 0.6 is 12.4 Å². The van der Waals surface area contributed by atoms with Gasteiger partial charge in [0.05, 0.1) is 6.10 Å². The summed E-state index contributed by atoms with van der Waals surface area (Å²) in [6.07, 6.45) is 3.23. The third-order valence-corrected chi connectivity index (χ3v) is 2.48. The van der Waals surface area contributed by atoms with E-state index in [2.05, 4.69) is 0 Å². The first-order valence-electron chi connectivity index (χ1n) is 4.75. The van der Waals surface area contributed by atoms with Gasteiger partial charge in [0.2, 0.25) is 0 Å². The molecule has 1 rings (SSSR count). The van der Waals surface area contributed by atoms with Gasteiger partial charge in [-0.15, -0.1) is 12.4 Å². The Morgan fingerprint density at radius 3 is 2.57 bits per heavy atom. The molecule has 84 valence electrons. The zero-order chi connectivity index (χ0) is 9.84. The van der Waals surface area contributed by atoms with Crippen molar-refractivity contribution in [3.8, 4) is 0 Å². The molecule has 1 aliphatic rings. The lowest BCUT2D eigenvalue weighted by Gasteiger charge is -2.29. The van der Waals surface area contributed by atoms with E-state index >= 15 is 0 Å². The third kappa shape index (κ3) is 3.82. The van der Waals surface area contributed by atoms with E-state index in [4.69, 9.17) is 15.6 Å². The molecule has 0 aromatic carbocycles. The van der Waals surface area contributed by atoms with Gasteiger partial charge in [-0.05, 0) is 19.8 Å². The average Bonchev–Trinajstić information content (AvgIpc) is 2.08. The lowest BCUT2D eigenvalue weighted by atomic mass is 9.93. The summed E-state index contributed by atoms with van der Waals surface area (Å²) < 4.78 is 5.34. The van der Waals surface area contributed by atoms with E-state index in [1.807, 2.05) is 0 Å². The predicted octanol–water partition coefficient (Wildman–Crippen LogP) is 1.17. The monoisotopic (exact) mass is 223 g/mol. The molecule has 0 bridgehead atoms. The topological polar surface area (TPSA) is 72.5 Å². The number of aliphatic carboxylic acids is 1. The number of hydrogen-bond donors (Lipinski definition) is 2. The van der Waals surface area contributed by atoms with Crippen molar-refractivity contribution in [2.45, 2.75) is 50.9 Å². The molecule has 0 aromatic heterocycles. The highest BCUT2D eigenvalue weighted by Crippen LogP contribution is 2.20. The fourth-order valence-electron chi connectivity index (χ4n) is 1.61. The van der Waals surface area contributed by atoms with Crippen molar-refractivity contribution >= 4 is 18.4 Å². The summed E-state index contributed by atoms with van der Waals surface area (Å²) in [6.45, 7) is 1.55. The highest BCUT2D eigenvalue weighted by molar-refractivity contribution is 5.85. The molecular formula is C9H18ClNO3. The number of nitrogens with two attached hydrogens (primary N) is 1. The molecule has 1 saturated carbocycles. The van der Waals surface area contributed by atoms with Gasteiger partial charge in [0.25, 0.3) is 0 Å². The van der Waals surface area contributed by atoms with E-state index in [0.717, 1.165) is 25.7 Å². The minimum Gasteiger partial charge on any atom is -0.479 e. The molecule has 3 N–H and O–H groups in total. The van der Waals surface area contributed by atoms with E-state index in [1.54, 1.807) is 6.92 Å². The molecule has 0 radical (unpaired) electrons. The summed E-state index contributed by atoms with van der Waals surface area (Å²) in [7, 11) is 0. The summed E-state index contributed by atoms with van der Waals surface area (Å²) in [5, 5.41) is 8.63. The van der Waals surface area contributed by atoms with Crippen LogP contribution in [0.1, 0.15) is 32.6 Å². The molecule has 1 aliphatic carbocycles. The maximum absolute atomic E-state index is 10.5. The zero-order valence-electron chi connectivity index (χ0n) is 8.31. The molecule has 0 saturated heterocycles. The van der Waals surface area contributed by atoms with Crippen LogP contribution in [0.4, 0.5) is 0 Å². The maximum atomic E-state index is 10.5. The van der Waals surface area contributed by atoms with Crippen molar-refractivity contribution in [2.75, 3.05) is 0 Å². The molecule has 5 heteroatoms. The highest BCUT2D eigenvalue weighted by Gasteiger charge is 2.26. The fraction of sp³-hybridized carbons (Fsp3) is 0.889. The summed E-state index contributed by atoms with van der Waals surface area (Å²) in [5.74, 6) is -0.919. The zero-order valence-corrected chi connectivity index (χ0v) is 9.13. The van der Waals surface area contributed by atoms with Gasteiger partial charge in [-0.2, -0.15) is 0 Å². The molecular weight excluding hydrogens is 206 g/mol. The Morgan fingerprint density at radius 2 is 2.07 bits per heavy atom. The molecule has 1 fully saturated rings. The van der Waals surface area contributed by atoms with E-state index in [0.29, 0.717) is 0 Å². The maximum Gasteiger partial charge on any atom is 0.332 e. The van der Waals surface area contributed by atoms with Crippen LogP contribution in [-0.4, -0.2) is 29.3 Å². The Hall–Kier alpha value is -0.320. The SMILES string of the molecule is CC(O[C@@H]1CCCC[C@H]1N)C(=O)O.Cl. The van der Waals surface area contributed by atoms with Crippen LogP contribution in [-0.2, 0) is 9.53 Å². The molecule has 14 heavy (non-hydrogen) atoms. The summed E-state index contributed by atoms with van der Waals surface area (Å²) >= 11 is 0. The number of halogens is 1. The van der Waals surface area contributed by atoms with Gasteiger partial charge in [-0.1, -0.05) is 12.8 Å². The average molecular weight is 224 g/mol. The second kappa shape index (κ2) is 6.22. The summed E-state index contributed by atoms with van der Waals surface area (Å²) in [6, 6.07) is 0.00977. The fourth-order valence-corrected chi connectivity index (χ4v) is 1.61. The molecule has 0 aromatic rings. The minimum absolute atomic E-state index is 0. The van der Waals surface area contributed by atoms with E-state index < -0.39 is 12.1 Å². The lowest BCUT2D eigenvalue weighted by Crippen LogP contribution is -2.42. The van der Waals surface area contributed by atoms with E-state index in [-0.39, 0.29) is 24.6 Å². The van der Waals surface area contributed by atoms with Crippen LogP contribution in [0, 0.1) is 0 Å². The smallest absolute Gasteiger partial charge is 0.332 e. The molecule has 3 atom stereocenters. The van der Waals surface area contributed by atoms with Crippen LogP contribution < -0.4 is 5.73 Å². The minimum atomic E-state index is -0.919. The second-order valence-corrected chi connectivity index (χ2v) is 3.60. The Balaban J connectivity index is 0.00000169. The summed E-state index contributed by atoms with van der Waals surface area (Å²) in [5.41, 5.74) is 5.81. The first-order chi connectivity index (χ1) is 6.11. The first kappa shape index (κ1) is 13.7. The quantitative estimate of drug-likeness (QED) is 0.754. The molecule has 0 heterocycles. The van der Waals surface area contributed by atoms with Crippen LogP contribution in [0.3, 0.4) is 0 Å². The van der Waals surface area contributed by atoms with Crippen molar-refractivity contribution in [2.24, 2.45) is 5.73 Å². The van der Waals surface area contributed by atoms with Gasteiger partial charge < -0.3 is 15.6 Å². The molecule has 0 aliphatic heterocycles. The van der Waals surface area contributed by atoms with Crippen molar-refractivity contribution in [1.29, 1.82) is 0 Å². The van der Waals surface area contributed by atoms with Gasteiger partial charge in [0.15, 0.2) is 6.10 Å². The number of ether oxygens (including phenoxy) is 1. The Bertz CT molecular complexity index is 189. The van der Waals surface area contributed by atoms with Crippen molar-refractivity contribution in [3.63, 3.8) is 0 Å². The van der Waals surface area contributed by atoms with E-state index in [9.17, 15) is 4.79 Å². The van der Waals surface area contributed by atoms with Crippen LogP contribution in [0.2, 0.25) is 0 Å². The van der Waals surface area contributed by atoms with Gasteiger partial charge in [0.1, 0.15) is 0 Å². The standard InChI is InChI=1S/C9H17NO3.ClH/c1-6(9(11)12)13-8-5-3-2-4-7(8)10;/h6-8H,2-5,10H2,1H3,(H,11,12);1H/t6?,7-,8-;/m1./s1. The molecule has 1 unspecified atom stereocenters. The molecule has 0 spiro atoms. The Kier molecular flexibility index (Phi) is 6.08. The lowest BCUT2D eigenvalue weighted by molar-refractivity contribution is -0.154. The number of rotatable bonds is 3. The van der Waals surface area contributed by atoms with Crippen LogP contribution in [0.15, 0.2) is 0 Å². The Morgan fingerprint density at radius 1 is 1.50 bits per heavy atom. The van der Waals surface area contributed by atoms with Crippen molar-refractivity contribution < 1.29 is 14.6 Å². The highest BCUT2D eigenvalue weighted by atomic mass is 35.5. The second-order valence-electron chi connectivity index (χ2n) is 3.60. The van der Waals surface area contributed by atoms with Gasteiger partial charge in [-0.25, -0.2) is 4.79 Å². The van der Waals surface area contributed by atoms with Gasteiger partial charge >= 0.3 is 5.97 Å². The number of carbonyl (C=O) groups is 1. The van der Waals surface area contributed by atoms with Crippen LogP contribution in [0.5, 0.6) is 0 Å².